The third kappa shape index (κ3) is 3.66. The lowest BCUT2D eigenvalue weighted by Crippen LogP contribution is -2.38. The summed E-state index contributed by atoms with van der Waals surface area (Å²) in [6.45, 7) is 7.86. The van der Waals surface area contributed by atoms with Gasteiger partial charge in [0.05, 0.1) is 6.61 Å². The summed E-state index contributed by atoms with van der Waals surface area (Å²) in [5.74, 6) is 2.41. The van der Waals surface area contributed by atoms with E-state index in [-0.39, 0.29) is 5.75 Å². The highest BCUT2D eigenvalue weighted by Crippen LogP contribution is 2.31. The van der Waals surface area contributed by atoms with Crippen LogP contribution in [-0.4, -0.2) is 17.8 Å². The molecule has 2 rings (SSSR count). The number of nitrogens with one attached hydrogen (secondary N) is 1. The minimum atomic E-state index is 0.277. The molecule has 1 aromatic rings. The molecule has 0 heterocycles. The van der Waals surface area contributed by atoms with Crippen LogP contribution in [0.4, 0.5) is 0 Å². The van der Waals surface area contributed by atoms with Crippen molar-refractivity contribution in [3.8, 4) is 11.5 Å². The molecule has 1 saturated carbocycles. The van der Waals surface area contributed by atoms with E-state index in [0.717, 1.165) is 11.5 Å². The fourth-order valence-corrected chi connectivity index (χ4v) is 3.19. The van der Waals surface area contributed by atoms with Crippen molar-refractivity contribution in [1.82, 2.24) is 5.32 Å². The van der Waals surface area contributed by atoms with Crippen molar-refractivity contribution in [1.29, 1.82) is 0 Å². The van der Waals surface area contributed by atoms with Crippen LogP contribution >= 0.6 is 0 Å². The number of rotatable bonds is 5. The van der Waals surface area contributed by atoms with Gasteiger partial charge in [0.15, 0.2) is 11.5 Å². The Bertz CT molecular complexity index is 433. The largest absolute Gasteiger partial charge is 0.504 e. The van der Waals surface area contributed by atoms with E-state index in [2.05, 4.69) is 19.2 Å². The van der Waals surface area contributed by atoms with Crippen LogP contribution in [0.5, 0.6) is 11.5 Å². The second kappa shape index (κ2) is 6.98. The van der Waals surface area contributed by atoms with Crippen molar-refractivity contribution >= 4 is 0 Å². The fourth-order valence-electron chi connectivity index (χ4n) is 3.19. The molecular weight excluding hydrogens is 250 g/mol. The van der Waals surface area contributed by atoms with Crippen LogP contribution in [0.2, 0.25) is 0 Å². The average Bonchev–Trinajstić information content (AvgIpc) is 2.42. The van der Waals surface area contributed by atoms with Gasteiger partial charge in [0.2, 0.25) is 0 Å². The van der Waals surface area contributed by atoms with Gasteiger partial charge in [0.25, 0.3) is 0 Å². The Morgan fingerprint density at radius 1 is 1.30 bits per heavy atom. The zero-order chi connectivity index (χ0) is 14.5. The molecule has 0 aromatic heterocycles. The highest BCUT2D eigenvalue weighted by molar-refractivity contribution is 5.45. The molecular formula is C17H27NO2. The monoisotopic (exact) mass is 277 g/mol. The number of para-hydroxylation sites is 1. The highest BCUT2D eigenvalue weighted by Gasteiger charge is 2.25. The van der Waals surface area contributed by atoms with Gasteiger partial charge in [-0.3, -0.25) is 0 Å². The first-order chi connectivity index (χ1) is 9.61. The lowest BCUT2D eigenvalue weighted by Gasteiger charge is -2.33. The molecule has 1 aliphatic carbocycles. The maximum absolute atomic E-state index is 10.2. The van der Waals surface area contributed by atoms with Crippen LogP contribution < -0.4 is 10.1 Å². The van der Waals surface area contributed by atoms with Crippen molar-refractivity contribution in [2.24, 2.45) is 11.8 Å². The number of aromatic hydroxyl groups is 1. The Balaban J connectivity index is 1.95. The maximum atomic E-state index is 10.2. The number of phenolic OH excluding ortho intramolecular Hbond substituents is 1. The second-order valence-electron chi connectivity index (χ2n) is 6.08. The fraction of sp³-hybridized carbons (Fsp3) is 0.647. The van der Waals surface area contributed by atoms with Crippen molar-refractivity contribution < 1.29 is 9.84 Å². The van der Waals surface area contributed by atoms with Gasteiger partial charge in [0.1, 0.15) is 0 Å². The molecule has 3 atom stereocenters. The maximum Gasteiger partial charge on any atom is 0.162 e. The summed E-state index contributed by atoms with van der Waals surface area (Å²) in [6.07, 6.45) is 3.82. The molecule has 0 aliphatic heterocycles. The second-order valence-corrected chi connectivity index (χ2v) is 6.08. The van der Waals surface area contributed by atoms with Gasteiger partial charge in [-0.1, -0.05) is 26.0 Å². The predicted molar refractivity (Wildman–Crippen MR) is 82.1 cm³/mol. The normalized spacial score (nSPS) is 26.4. The van der Waals surface area contributed by atoms with E-state index in [1.807, 2.05) is 25.1 Å². The molecule has 3 unspecified atom stereocenters. The van der Waals surface area contributed by atoms with E-state index in [1.165, 1.54) is 19.3 Å². The molecule has 1 aliphatic rings. The molecule has 0 radical (unpaired) electrons. The number of phenols is 1. The molecule has 0 saturated heterocycles. The number of hydrogen-bond acceptors (Lipinski definition) is 3. The highest BCUT2D eigenvalue weighted by atomic mass is 16.5. The van der Waals surface area contributed by atoms with E-state index in [4.69, 9.17) is 4.74 Å². The smallest absolute Gasteiger partial charge is 0.162 e. The van der Waals surface area contributed by atoms with Crippen LogP contribution in [0.25, 0.3) is 0 Å². The number of ether oxygens (including phenoxy) is 1. The van der Waals surface area contributed by atoms with E-state index in [0.29, 0.717) is 30.9 Å². The van der Waals surface area contributed by atoms with Crippen molar-refractivity contribution in [2.75, 3.05) is 6.61 Å². The predicted octanol–water partition coefficient (Wildman–Crippen LogP) is 3.71. The van der Waals surface area contributed by atoms with Gasteiger partial charge in [-0.2, -0.15) is 0 Å². The Kier molecular flexibility index (Phi) is 5.30. The van der Waals surface area contributed by atoms with E-state index in [9.17, 15) is 5.11 Å². The third-order valence-electron chi connectivity index (χ3n) is 4.37. The van der Waals surface area contributed by atoms with E-state index in [1.54, 1.807) is 0 Å². The summed E-state index contributed by atoms with van der Waals surface area (Å²) >= 11 is 0. The minimum absolute atomic E-state index is 0.277. The number of hydrogen-bond donors (Lipinski definition) is 2. The molecule has 1 fully saturated rings. The van der Waals surface area contributed by atoms with Gasteiger partial charge in [-0.25, -0.2) is 0 Å². The summed E-state index contributed by atoms with van der Waals surface area (Å²) in [5, 5.41) is 13.8. The van der Waals surface area contributed by atoms with E-state index < -0.39 is 0 Å². The van der Waals surface area contributed by atoms with Gasteiger partial charge in [0, 0.05) is 18.2 Å². The molecule has 2 N–H and O–H groups in total. The summed E-state index contributed by atoms with van der Waals surface area (Å²) in [4.78, 5) is 0. The molecule has 3 heteroatoms. The van der Waals surface area contributed by atoms with E-state index >= 15 is 0 Å². The molecule has 3 nitrogen and oxygen atoms in total. The SMILES string of the molecule is CCOc1cccc(CNC2CCC(C)CC2C)c1O. The molecule has 0 bridgehead atoms. The lowest BCUT2D eigenvalue weighted by atomic mass is 9.80. The summed E-state index contributed by atoms with van der Waals surface area (Å²) in [5.41, 5.74) is 0.918. The summed E-state index contributed by atoms with van der Waals surface area (Å²) < 4.78 is 5.43. The Hall–Kier alpha value is -1.22. The first-order valence-electron chi connectivity index (χ1n) is 7.78. The van der Waals surface area contributed by atoms with Crippen molar-refractivity contribution in [2.45, 2.75) is 52.6 Å². The average molecular weight is 277 g/mol. The first-order valence-corrected chi connectivity index (χ1v) is 7.78. The summed E-state index contributed by atoms with van der Waals surface area (Å²) in [7, 11) is 0. The first kappa shape index (κ1) is 15.2. The van der Waals surface area contributed by atoms with Gasteiger partial charge in [-0.15, -0.1) is 0 Å². The third-order valence-corrected chi connectivity index (χ3v) is 4.37. The minimum Gasteiger partial charge on any atom is -0.504 e. The summed E-state index contributed by atoms with van der Waals surface area (Å²) in [6, 6.07) is 6.27. The quantitative estimate of drug-likeness (QED) is 0.862. The topological polar surface area (TPSA) is 41.5 Å². The molecule has 0 amide bonds. The van der Waals surface area contributed by atoms with Crippen LogP contribution in [0, 0.1) is 11.8 Å². The Morgan fingerprint density at radius 2 is 2.10 bits per heavy atom. The Morgan fingerprint density at radius 3 is 2.80 bits per heavy atom. The van der Waals surface area contributed by atoms with Crippen molar-refractivity contribution in [3.05, 3.63) is 23.8 Å². The standard InChI is InChI=1S/C17H27NO2/c1-4-20-16-7-5-6-14(17(16)19)11-18-15-9-8-12(2)10-13(15)3/h5-7,12-13,15,18-19H,4,8-11H2,1-3H3. The van der Waals surface area contributed by atoms with Crippen LogP contribution in [0.1, 0.15) is 45.6 Å². The molecule has 0 spiro atoms. The molecule has 1 aromatic carbocycles. The van der Waals surface area contributed by atoms with Crippen LogP contribution in [0.3, 0.4) is 0 Å². The zero-order valence-electron chi connectivity index (χ0n) is 12.9. The van der Waals surface area contributed by atoms with Crippen molar-refractivity contribution in [3.63, 3.8) is 0 Å². The molecule has 20 heavy (non-hydrogen) atoms. The van der Waals surface area contributed by atoms with Crippen LogP contribution in [0.15, 0.2) is 18.2 Å². The van der Waals surface area contributed by atoms with Gasteiger partial charge < -0.3 is 15.2 Å². The zero-order valence-corrected chi connectivity index (χ0v) is 12.9. The Labute approximate surface area is 122 Å². The van der Waals surface area contributed by atoms with Crippen LogP contribution in [-0.2, 0) is 6.54 Å². The number of benzene rings is 1. The van der Waals surface area contributed by atoms with Gasteiger partial charge in [-0.05, 0) is 44.1 Å². The van der Waals surface area contributed by atoms with Gasteiger partial charge >= 0.3 is 0 Å². The lowest BCUT2D eigenvalue weighted by molar-refractivity contribution is 0.226. The molecule has 112 valence electrons.